The van der Waals surface area contributed by atoms with Gasteiger partial charge in [0.2, 0.25) is 23.6 Å². The molecule has 1 unspecified atom stereocenters. The maximum atomic E-state index is 14.1. The number of carbonyl (C=O) groups excluding carboxylic acids is 6. The van der Waals surface area contributed by atoms with Gasteiger partial charge in [-0.1, -0.05) is 61.4 Å². The third-order valence-corrected chi connectivity index (χ3v) is 17.0. The molecule has 3 atom stereocenters. The molecule has 20 heteroatoms. The number of amides is 6. The zero-order valence-electron chi connectivity index (χ0n) is 42.4. The van der Waals surface area contributed by atoms with E-state index >= 15 is 0 Å². The highest BCUT2D eigenvalue weighted by Crippen LogP contribution is 2.43. The lowest BCUT2D eigenvalue weighted by Crippen LogP contribution is -2.43. The molecule has 6 amide bonds. The Morgan fingerprint density at radius 3 is 1.56 bits per heavy atom. The van der Waals surface area contributed by atoms with E-state index < -0.39 is 30.8 Å². The smallest absolute Gasteiger partial charge is 0.260 e. The molecule has 0 spiro atoms. The number of rotatable bonds is 19. The summed E-state index contributed by atoms with van der Waals surface area (Å²) in [6.07, 6.45) is 4.20. The summed E-state index contributed by atoms with van der Waals surface area (Å²) in [5.74, 6) is -0.841. The van der Waals surface area contributed by atoms with Gasteiger partial charge in [-0.2, -0.15) is 0 Å². The summed E-state index contributed by atoms with van der Waals surface area (Å²) in [6, 6.07) is 27.9. The largest absolute Gasteiger partial charge is 0.493 e. The van der Waals surface area contributed by atoms with Crippen LogP contribution in [0.1, 0.15) is 69.7 Å². The normalized spacial score (nSPS) is 16.4. The second kappa shape index (κ2) is 22.4. The van der Waals surface area contributed by atoms with E-state index in [1.165, 1.54) is 14.2 Å². The molecule has 0 fully saturated rings. The number of fused-ring (bicyclic) bond motifs is 8. The molecule has 5 aromatic carbocycles. The molecule has 0 aromatic heterocycles. The highest BCUT2D eigenvalue weighted by molar-refractivity contribution is 8.29. The predicted octanol–water partition coefficient (Wildman–Crippen LogP) is 5.41. The zero-order chi connectivity index (χ0) is 53.0. The van der Waals surface area contributed by atoms with Crippen molar-refractivity contribution in [1.82, 2.24) is 16.0 Å². The van der Waals surface area contributed by atoms with Crippen molar-refractivity contribution in [2.24, 2.45) is 0 Å². The van der Waals surface area contributed by atoms with Crippen LogP contribution in [0.4, 0.5) is 28.4 Å². The molecule has 9 rings (SSSR count). The van der Waals surface area contributed by atoms with Crippen molar-refractivity contribution < 1.29 is 47.7 Å². The Morgan fingerprint density at radius 1 is 0.640 bits per heavy atom. The fourth-order valence-corrected chi connectivity index (χ4v) is 10.3. The van der Waals surface area contributed by atoms with Crippen LogP contribution in [0.2, 0.25) is 0 Å². The van der Waals surface area contributed by atoms with E-state index in [1.807, 2.05) is 84.5 Å². The van der Waals surface area contributed by atoms with Gasteiger partial charge < -0.3 is 60.6 Å². The molecule has 0 saturated heterocycles. The summed E-state index contributed by atoms with van der Waals surface area (Å²) in [5.41, 5.74) is 7.78. The minimum Gasteiger partial charge on any atom is -0.493 e. The maximum Gasteiger partial charge on any atom is 0.260 e. The van der Waals surface area contributed by atoms with Crippen LogP contribution in [0.5, 0.6) is 23.0 Å². The lowest BCUT2D eigenvalue weighted by Gasteiger charge is -2.23. The van der Waals surface area contributed by atoms with Crippen molar-refractivity contribution in [3.63, 3.8) is 0 Å². The summed E-state index contributed by atoms with van der Waals surface area (Å²) < 4.78 is 24.2. The fourth-order valence-electron chi connectivity index (χ4n) is 9.66. The van der Waals surface area contributed by atoms with E-state index in [-0.39, 0.29) is 70.2 Å². The zero-order valence-corrected chi connectivity index (χ0v) is 44.0. The number of benzene rings is 5. The number of hydrogen-bond donors (Lipinski definition) is 6. The maximum absolute atomic E-state index is 14.1. The van der Waals surface area contributed by atoms with E-state index in [2.05, 4.69) is 31.9 Å². The first-order chi connectivity index (χ1) is 36.1. The number of hydrogen-bond acceptors (Lipinski definition) is 13. The van der Waals surface area contributed by atoms with Crippen LogP contribution in [-0.4, -0.2) is 105 Å². The monoisotopic (exact) mass is 1060 g/mol. The van der Waals surface area contributed by atoms with Crippen LogP contribution in [0.25, 0.3) is 0 Å². The standard InChI is InChI=1S/C55H60N8O10S2/c1-55(2,75(5)74)15-14-49(64)58-27-50(65)59-28-51(66)60-29-52(67)61-36-17-32(30-72-47-23-41-39(21-45(47)70-3)53(68)62-37(25-56-41)19-34-10-6-8-12-43(34)62)16-33(18-36)31-73-48-24-42-40(22-46(48)71-4)54(69)63-38(26-57-42)20-35-11-7-9-13-44(35)63/h6-13,16-18,21-24,37-38,56-57H,14-15,19-20,25-31H2,1-5H3,(H,58,64)(H,59,65)(H,60,66)(H,61,67)/t37-,38-,75?/m0/s1. The average molecular weight is 1060 g/mol. The van der Waals surface area contributed by atoms with Gasteiger partial charge in [0.1, 0.15) is 13.2 Å². The van der Waals surface area contributed by atoms with Crippen LogP contribution in [0, 0.1) is 0 Å². The number of nitrogens with zero attached hydrogens (tertiary/aromatic N) is 2. The highest BCUT2D eigenvalue weighted by atomic mass is 32.8. The number of ether oxygens (including phenoxy) is 4. The van der Waals surface area contributed by atoms with Crippen LogP contribution in [-0.2, 0) is 65.9 Å². The van der Waals surface area contributed by atoms with Gasteiger partial charge in [0.15, 0.2) is 23.0 Å². The van der Waals surface area contributed by atoms with Gasteiger partial charge >= 0.3 is 0 Å². The van der Waals surface area contributed by atoms with E-state index in [1.54, 1.807) is 36.4 Å². The van der Waals surface area contributed by atoms with Crippen molar-refractivity contribution >= 4 is 84.5 Å². The minimum atomic E-state index is -0.615. The lowest BCUT2D eigenvalue weighted by atomic mass is 10.1. The Bertz CT molecular complexity index is 2960. The third kappa shape index (κ3) is 11.7. The molecule has 392 valence electrons. The van der Waals surface area contributed by atoms with E-state index in [9.17, 15) is 28.8 Å². The van der Waals surface area contributed by atoms with Gasteiger partial charge in [0, 0.05) is 53.5 Å². The Kier molecular flexibility index (Phi) is 15.6. The topological polar surface area (TPSA) is 218 Å². The number of nitrogens with one attached hydrogen (secondary N) is 6. The number of para-hydroxylation sites is 2. The Balaban J connectivity index is 0.887. The van der Waals surface area contributed by atoms with Crippen LogP contribution in [0.15, 0.2) is 91.0 Å². The van der Waals surface area contributed by atoms with Crippen molar-refractivity contribution in [2.45, 2.75) is 69.6 Å². The van der Waals surface area contributed by atoms with Crippen LogP contribution < -0.4 is 60.6 Å². The molecule has 4 aliphatic heterocycles. The van der Waals surface area contributed by atoms with Crippen molar-refractivity contribution in [3.8, 4) is 23.0 Å². The van der Waals surface area contributed by atoms with Gasteiger partial charge in [0.05, 0.1) is 68.4 Å². The van der Waals surface area contributed by atoms with Crippen molar-refractivity contribution in [2.75, 3.05) is 78.9 Å². The van der Waals surface area contributed by atoms with Crippen LogP contribution >= 0.6 is 0 Å². The molecule has 5 aromatic rings. The minimum absolute atomic E-state index is 0.000147. The summed E-state index contributed by atoms with van der Waals surface area (Å²) in [4.78, 5) is 82.7. The Labute approximate surface area is 442 Å². The molecule has 75 heavy (non-hydrogen) atoms. The quantitative estimate of drug-likeness (QED) is 0.0611. The molecule has 0 radical (unpaired) electrons. The number of methoxy groups -OCH3 is 2. The van der Waals surface area contributed by atoms with Gasteiger partial charge in [-0.25, -0.2) is 0 Å². The number of anilines is 5. The molecule has 4 aliphatic rings. The molecule has 0 bridgehead atoms. The van der Waals surface area contributed by atoms with Gasteiger partial charge in [-0.15, -0.1) is 9.45 Å². The molecule has 6 N–H and O–H groups in total. The predicted molar refractivity (Wildman–Crippen MR) is 291 cm³/mol. The summed E-state index contributed by atoms with van der Waals surface area (Å²) in [6.45, 7) is 3.93. The molecule has 0 aliphatic carbocycles. The van der Waals surface area contributed by atoms with E-state index in [4.69, 9.17) is 30.1 Å². The SMILES string of the molecule is COc1cc2c(cc1OCc1cc(COc3cc4c(cc3OC)C(=O)N3c5ccccc5C[C@H]3CN4)cc(NC(=O)CNC(=O)CNC(=O)CNC(=O)CCC(C)(C)S(C)=S)c1)NC[C@@H]1Cc3ccccc3N1C2=O. The van der Waals surface area contributed by atoms with Crippen molar-refractivity contribution in [1.29, 1.82) is 0 Å². The summed E-state index contributed by atoms with van der Waals surface area (Å²) >= 11 is 5.38. The Hall–Kier alpha value is -7.71. The third-order valence-electron chi connectivity index (χ3n) is 13.9. The van der Waals surface area contributed by atoms with Gasteiger partial charge in [-0.05, 0) is 90.2 Å². The molecule has 4 heterocycles. The summed E-state index contributed by atoms with van der Waals surface area (Å²) in [7, 11) is 2.71. The second-order valence-electron chi connectivity index (χ2n) is 19.4. The first-order valence-corrected chi connectivity index (χ1v) is 27.2. The first kappa shape index (κ1) is 52.2. The molecule has 18 nitrogen and oxygen atoms in total. The highest BCUT2D eigenvalue weighted by Gasteiger charge is 2.39. The van der Waals surface area contributed by atoms with Gasteiger partial charge in [-0.3, -0.25) is 28.8 Å². The fraction of sp³-hybridized carbons (Fsp3) is 0.345. The first-order valence-electron chi connectivity index (χ1n) is 24.7. The second-order valence-corrected chi connectivity index (χ2v) is 22.9. The summed E-state index contributed by atoms with van der Waals surface area (Å²) in [5, 5.41) is 17.3. The lowest BCUT2D eigenvalue weighted by molar-refractivity contribution is -0.128. The molecular weight excluding hydrogens is 997 g/mol. The molecular formula is C55H60N8O10S2. The van der Waals surface area contributed by atoms with Crippen LogP contribution in [0.3, 0.4) is 0 Å². The van der Waals surface area contributed by atoms with Gasteiger partial charge in [0.25, 0.3) is 11.8 Å². The van der Waals surface area contributed by atoms with E-state index in [0.717, 1.165) is 35.3 Å². The molecule has 0 saturated carbocycles. The van der Waals surface area contributed by atoms with E-state index in [0.29, 0.717) is 81.8 Å². The average Bonchev–Trinajstić information content (AvgIpc) is 3.90. The Morgan fingerprint density at radius 2 is 1.09 bits per heavy atom. The van der Waals surface area contributed by atoms with Crippen molar-refractivity contribution in [3.05, 3.63) is 124 Å². The number of carbonyl (C=O) groups is 6.